The Labute approximate surface area is 379 Å². The van der Waals surface area contributed by atoms with Crippen LogP contribution in [0.15, 0.2) is 53.0 Å². The molecule has 2 saturated heterocycles. The number of carbonyl (C=O) groups excluding carboxylic acids is 2. The van der Waals surface area contributed by atoms with Crippen LogP contribution >= 0.6 is 0 Å². The zero-order valence-electron chi connectivity index (χ0n) is 39.1. The lowest BCUT2D eigenvalue weighted by molar-refractivity contribution is -0.304. The van der Waals surface area contributed by atoms with Crippen molar-refractivity contribution < 1.29 is 75.8 Å². The predicted molar refractivity (Wildman–Crippen MR) is 234 cm³/mol. The van der Waals surface area contributed by atoms with Crippen molar-refractivity contribution in [2.45, 2.75) is 159 Å². The lowest BCUT2D eigenvalue weighted by Crippen LogP contribution is -2.63. The van der Waals surface area contributed by atoms with E-state index in [9.17, 15) is 38.4 Å². The van der Waals surface area contributed by atoms with Crippen molar-refractivity contribution in [3.8, 4) is 0 Å². The number of aliphatic hydroxyl groups excluding tert-OH is 4. The van der Waals surface area contributed by atoms with Gasteiger partial charge in [0.25, 0.3) is 10.1 Å². The van der Waals surface area contributed by atoms with Crippen LogP contribution in [-0.4, -0.2) is 167 Å². The number of allylic oxidation sites excluding steroid dienone is 3. The minimum Gasteiger partial charge on any atom is -0.462 e. The summed E-state index contributed by atoms with van der Waals surface area (Å²) in [5, 5.41) is 45.1. The van der Waals surface area contributed by atoms with Crippen LogP contribution in [0.2, 0.25) is 0 Å². The highest BCUT2D eigenvalue weighted by Crippen LogP contribution is 2.35. The van der Waals surface area contributed by atoms with Gasteiger partial charge in [0.05, 0.1) is 61.1 Å². The molecule has 4 rings (SSSR count). The molecule has 0 unspecified atom stereocenters. The number of carbonyl (C=O) groups is 2. The van der Waals surface area contributed by atoms with Crippen molar-refractivity contribution in [2.24, 2.45) is 23.7 Å². The molecule has 364 valence electrons. The molecule has 2 fully saturated rings. The quantitative estimate of drug-likeness (QED) is 0.155. The largest absolute Gasteiger partial charge is 0.462 e. The number of nitrogens with zero attached hydrogens (tertiary/aromatic N) is 1. The first kappa shape index (κ1) is 53.9. The number of ether oxygens (including phenoxy) is 7. The van der Waals surface area contributed by atoms with Crippen LogP contribution in [0.25, 0.3) is 0 Å². The molecule has 17 nitrogen and oxygen atoms in total. The van der Waals surface area contributed by atoms with Crippen LogP contribution < -0.4 is 0 Å². The van der Waals surface area contributed by atoms with Gasteiger partial charge in [0.15, 0.2) is 18.4 Å². The molecule has 64 heavy (non-hydrogen) atoms. The van der Waals surface area contributed by atoms with Gasteiger partial charge in [0.1, 0.15) is 30.5 Å². The first-order valence-corrected chi connectivity index (χ1v) is 23.6. The molecule has 0 radical (unpaired) electrons. The molecule has 17 atom stereocenters. The third-order valence-electron chi connectivity index (χ3n) is 12.7. The van der Waals surface area contributed by atoms with Crippen LogP contribution in [-0.2, 0) is 57.0 Å². The van der Waals surface area contributed by atoms with Gasteiger partial charge in [-0.3, -0.25) is 13.8 Å². The lowest BCUT2D eigenvalue weighted by Gasteiger charge is -2.46. The molecule has 18 heteroatoms. The Hall–Kier alpha value is -2.69. The topological polar surface area (TPSA) is 226 Å². The first-order chi connectivity index (χ1) is 30.1. The van der Waals surface area contributed by atoms with E-state index in [0.717, 1.165) is 5.56 Å². The summed E-state index contributed by atoms with van der Waals surface area (Å²) in [4.78, 5) is 29.4. The summed E-state index contributed by atoms with van der Waals surface area (Å²) in [5.41, 5.74) is 1.53. The Morgan fingerprint density at radius 1 is 0.828 bits per heavy atom. The van der Waals surface area contributed by atoms with E-state index < -0.39 is 126 Å². The number of benzene rings is 1. The van der Waals surface area contributed by atoms with Gasteiger partial charge in [-0.15, -0.1) is 0 Å². The summed E-state index contributed by atoms with van der Waals surface area (Å²) >= 11 is 0. The highest BCUT2D eigenvalue weighted by atomic mass is 32.2. The van der Waals surface area contributed by atoms with Crippen molar-refractivity contribution in [2.75, 3.05) is 41.5 Å². The van der Waals surface area contributed by atoms with Crippen molar-refractivity contribution >= 4 is 21.9 Å². The zero-order chi connectivity index (χ0) is 47.6. The van der Waals surface area contributed by atoms with Crippen LogP contribution in [0.1, 0.15) is 72.8 Å². The minimum absolute atomic E-state index is 0.0197. The van der Waals surface area contributed by atoms with E-state index in [1.807, 2.05) is 19.9 Å². The van der Waals surface area contributed by atoms with Gasteiger partial charge in [-0.1, -0.05) is 56.2 Å². The second-order valence-electron chi connectivity index (χ2n) is 17.8. The Kier molecular flexibility index (Phi) is 20.5. The Balaban J connectivity index is 1.70. The molecule has 0 aliphatic carbocycles. The fourth-order valence-electron chi connectivity index (χ4n) is 8.77. The van der Waals surface area contributed by atoms with Crippen molar-refractivity contribution in [3.05, 3.63) is 53.6 Å². The summed E-state index contributed by atoms with van der Waals surface area (Å²) in [5.74, 6) is -3.78. The maximum atomic E-state index is 13.9. The molecule has 1 aromatic rings. The summed E-state index contributed by atoms with van der Waals surface area (Å²) < 4.78 is 74.2. The monoisotopic (exact) mass is 927 g/mol. The van der Waals surface area contributed by atoms with Crippen molar-refractivity contribution in [1.29, 1.82) is 0 Å². The lowest BCUT2D eigenvalue weighted by atomic mass is 9.79. The zero-order valence-corrected chi connectivity index (χ0v) is 40.0. The maximum absolute atomic E-state index is 13.9. The second-order valence-corrected chi connectivity index (χ2v) is 19.4. The Morgan fingerprint density at radius 2 is 1.45 bits per heavy atom. The Morgan fingerprint density at radius 3 is 2.06 bits per heavy atom. The third kappa shape index (κ3) is 13.9. The number of aliphatic hydroxyl groups is 4. The van der Waals surface area contributed by atoms with Gasteiger partial charge in [-0.25, -0.2) is 0 Å². The van der Waals surface area contributed by atoms with E-state index in [0.29, 0.717) is 12.0 Å². The number of aryl methyl sites for hydroxylation is 1. The number of hydrogen-bond donors (Lipinski definition) is 4. The van der Waals surface area contributed by atoms with E-state index in [2.05, 4.69) is 0 Å². The highest BCUT2D eigenvalue weighted by molar-refractivity contribution is 7.86. The molecule has 3 aliphatic heterocycles. The molecule has 0 aromatic heterocycles. The summed E-state index contributed by atoms with van der Waals surface area (Å²) in [7, 11) is 2.13. The van der Waals surface area contributed by atoms with Gasteiger partial charge < -0.3 is 58.5 Å². The second kappa shape index (κ2) is 24.4. The number of ketones is 1. The van der Waals surface area contributed by atoms with Gasteiger partial charge >= 0.3 is 5.97 Å². The van der Waals surface area contributed by atoms with Crippen molar-refractivity contribution in [1.82, 2.24) is 4.90 Å². The molecular formula is C46H73NO16S. The molecule has 0 amide bonds. The third-order valence-corrected chi connectivity index (χ3v) is 14.1. The van der Waals surface area contributed by atoms with Gasteiger partial charge in [-0.2, -0.15) is 8.42 Å². The summed E-state index contributed by atoms with van der Waals surface area (Å²) in [6, 6.07) is 5.42. The molecular weight excluding hydrogens is 855 g/mol. The summed E-state index contributed by atoms with van der Waals surface area (Å²) in [6.45, 7) is 11.9. The number of esters is 1. The minimum atomic E-state index is -4.19. The molecule has 3 aliphatic rings. The smallest absolute Gasteiger partial charge is 0.308 e. The molecule has 3 heterocycles. The van der Waals surface area contributed by atoms with E-state index >= 15 is 0 Å². The van der Waals surface area contributed by atoms with E-state index in [4.69, 9.17) is 37.3 Å². The van der Waals surface area contributed by atoms with Gasteiger partial charge in [0, 0.05) is 32.0 Å². The Bertz CT molecular complexity index is 1810. The first-order valence-electron chi connectivity index (χ1n) is 22.2. The number of hydrogen-bond acceptors (Lipinski definition) is 17. The molecule has 0 spiro atoms. The van der Waals surface area contributed by atoms with Crippen LogP contribution in [0.3, 0.4) is 0 Å². The number of methoxy groups -OCH3 is 2. The van der Waals surface area contributed by atoms with Crippen LogP contribution in [0.5, 0.6) is 0 Å². The van der Waals surface area contributed by atoms with Crippen LogP contribution in [0.4, 0.5) is 0 Å². The predicted octanol–water partition coefficient (Wildman–Crippen LogP) is 3.08. The van der Waals surface area contributed by atoms with Crippen LogP contribution in [0, 0.1) is 30.6 Å². The molecule has 0 bridgehead atoms. The number of rotatable bonds is 14. The average Bonchev–Trinajstić information content (AvgIpc) is 3.24. The normalized spacial score (nSPS) is 38.9. The van der Waals surface area contributed by atoms with Gasteiger partial charge in [-0.05, 0) is 85.2 Å². The fraction of sp³-hybridized carbons (Fsp3) is 0.739. The molecule has 0 saturated carbocycles. The number of likely N-dealkylation sites (N-methyl/N-ethyl adjacent to an activating group) is 1. The average molecular weight is 928 g/mol. The summed E-state index contributed by atoms with van der Waals surface area (Å²) in [6.07, 6.45) is -6.89. The SMILES string of the molecule is CC[C@H]1OC(=O)C[C@@H](O)[C@H](C)[C@@H](O[C@@H]2O[C@H](C)[C@@H](O)[C@H](N(C)C)[C@H]2O)[C@@H](CCOS(=O)(=O)c2ccc(C)cc2)C[C@@H](C)C(=O)/C=C/C(C)=C/[C@@H]1CO[C@@H]1O[C@H](C)[C@@H](O)[C@@H](OC)[C@H]1OC. The standard InChI is InChI=1S/C46H73NO16S/c1-12-36-32(24-58-46-44(57-11)43(56-10)40(52)30(7)61-46)21-26(3)15-18-34(48)27(4)22-31(19-20-59-64(54,55)33-16-13-25(2)14-17-33)42(28(5)35(49)23-37(50)62-36)63-45-41(53)38(47(8)9)39(51)29(6)60-45/h13-18,21,27-32,35-36,38-46,49,51-53H,12,19-20,22-24H2,1-11H3/b18-15+,26-21+/t27-,28+,29-,30-,31+,32-,35-,36-,38+,39-,40-,41-,42-,43-,44-,45+,46-/m1/s1. The van der Waals surface area contributed by atoms with Crippen molar-refractivity contribution in [3.63, 3.8) is 0 Å². The van der Waals surface area contributed by atoms with E-state index in [1.54, 1.807) is 71.8 Å². The maximum Gasteiger partial charge on any atom is 0.308 e. The highest BCUT2D eigenvalue weighted by Gasteiger charge is 2.48. The van der Waals surface area contributed by atoms with E-state index in [-0.39, 0.29) is 36.7 Å². The fourth-order valence-corrected chi connectivity index (χ4v) is 9.69. The van der Waals surface area contributed by atoms with E-state index in [1.165, 1.54) is 32.4 Å². The van der Waals surface area contributed by atoms with Gasteiger partial charge in [0.2, 0.25) is 0 Å². The molecule has 4 N–H and O–H groups in total. The number of cyclic esters (lactones) is 1. The molecule has 1 aromatic carbocycles.